The maximum absolute atomic E-state index is 13.1. The van der Waals surface area contributed by atoms with Crippen LogP contribution in [-0.2, 0) is 6.42 Å². The highest BCUT2D eigenvalue weighted by Gasteiger charge is 2.43. The van der Waals surface area contributed by atoms with E-state index in [2.05, 4.69) is 15.0 Å². The summed E-state index contributed by atoms with van der Waals surface area (Å²) in [6.07, 6.45) is 0.141. The van der Waals surface area contributed by atoms with Gasteiger partial charge in [-0.05, 0) is 43.5 Å². The molecular formula is C23H23F2N5O2S. The SMILES string of the molecule is Cc1ncnc2c1ccn2C1S[C@@H](CCc2ccc3cc(C(F)F)c(N)nc3c2)[C@@H](O)[C@H]1O. The van der Waals surface area contributed by atoms with Gasteiger partial charge < -0.3 is 20.5 Å². The highest BCUT2D eigenvalue weighted by atomic mass is 32.2. The molecule has 4 heterocycles. The lowest BCUT2D eigenvalue weighted by Gasteiger charge is -2.17. The van der Waals surface area contributed by atoms with E-state index in [0.29, 0.717) is 23.7 Å². The van der Waals surface area contributed by atoms with Crippen molar-refractivity contribution in [2.45, 2.75) is 49.0 Å². The second-order valence-electron chi connectivity index (χ2n) is 8.29. The molecule has 1 fully saturated rings. The summed E-state index contributed by atoms with van der Waals surface area (Å²) in [5.41, 5.74) is 8.53. The monoisotopic (exact) mass is 471 g/mol. The molecule has 0 amide bonds. The van der Waals surface area contributed by atoms with Gasteiger partial charge in [-0.1, -0.05) is 12.1 Å². The summed E-state index contributed by atoms with van der Waals surface area (Å²) < 4.78 is 28.0. The van der Waals surface area contributed by atoms with Gasteiger partial charge in [-0.15, -0.1) is 11.8 Å². The first kappa shape index (κ1) is 22.0. The van der Waals surface area contributed by atoms with E-state index in [0.717, 1.165) is 22.3 Å². The number of rotatable bonds is 5. The molecular weight excluding hydrogens is 448 g/mol. The van der Waals surface area contributed by atoms with E-state index < -0.39 is 18.6 Å². The maximum atomic E-state index is 13.1. The van der Waals surface area contributed by atoms with Gasteiger partial charge in [-0.3, -0.25) is 0 Å². The molecule has 1 aliphatic heterocycles. The largest absolute Gasteiger partial charge is 0.389 e. The zero-order chi connectivity index (χ0) is 23.3. The number of halogens is 2. The van der Waals surface area contributed by atoms with Gasteiger partial charge in [0, 0.05) is 22.2 Å². The van der Waals surface area contributed by atoms with Crippen molar-refractivity contribution in [1.29, 1.82) is 0 Å². The molecule has 0 saturated carbocycles. The Morgan fingerprint density at radius 3 is 2.76 bits per heavy atom. The van der Waals surface area contributed by atoms with Crippen LogP contribution in [0.3, 0.4) is 0 Å². The van der Waals surface area contributed by atoms with Gasteiger partial charge in [0.05, 0.1) is 22.9 Å². The van der Waals surface area contributed by atoms with E-state index in [4.69, 9.17) is 5.73 Å². The molecule has 172 valence electrons. The molecule has 1 saturated heterocycles. The lowest BCUT2D eigenvalue weighted by molar-refractivity contribution is 0.0176. The Morgan fingerprint density at radius 2 is 1.97 bits per heavy atom. The number of alkyl halides is 2. The zero-order valence-electron chi connectivity index (χ0n) is 17.8. The highest BCUT2D eigenvalue weighted by Crippen LogP contribution is 2.45. The van der Waals surface area contributed by atoms with Gasteiger partial charge >= 0.3 is 0 Å². The van der Waals surface area contributed by atoms with E-state index in [-0.39, 0.29) is 22.0 Å². The minimum absolute atomic E-state index is 0.166. The molecule has 1 aliphatic rings. The zero-order valence-corrected chi connectivity index (χ0v) is 18.6. The Kier molecular flexibility index (Phi) is 5.67. The Balaban J connectivity index is 1.33. The normalized spacial score (nSPS) is 23.2. The molecule has 1 unspecified atom stereocenters. The average molecular weight is 472 g/mol. The third-order valence-corrected chi connectivity index (χ3v) is 7.86. The number of pyridine rings is 1. The number of aliphatic hydroxyl groups is 2. The van der Waals surface area contributed by atoms with Crippen LogP contribution in [0.25, 0.3) is 21.9 Å². The first-order valence-corrected chi connectivity index (χ1v) is 11.5. The Hall–Kier alpha value is -2.82. The molecule has 0 aliphatic carbocycles. The highest BCUT2D eigenvalue weighted by molar-refractivity contribution is 8.00. The second kappa shape index (κ2) is 8.51. The fourth-order valence-electron chi connectivity index (χ4n) is 4.38. The minimum Gasteiger partial charge on any atom is -0.389 e. The van der Waals surface area contributed by atoms with Crippen molar-refractivity contribution in [3.05, 3.63) is 59.7 Å². The number of nitrogen functional groups attached to an aromatic ring is 1. The number of hydrogen-bond donors (Lipinski definition) is 3. The van der Waals surface area contributed by atoms with Crippen LogP contribution >= 0.6 is 11.8 Å². The molecule has 3 aromatic heterocycles. The number of aryl methyl sites for hydroxylation is 2. The molecule has 10 heteroatoms. The standard InChI is InChI=1S/C23H23F2N5O2S/c1-11-14-6-7-30(22(14)28-10-27-11)23-19(32)18(31)17(33-23)5-3-12-2-4-13-9-15(20(24)25)21(26)29-16(13)8-12/h2,4,6-10,17-20,23,31-32H,3,5H2,1H3,(H2,26,29)/t17-,18+,19+,23?/m0/s1. The number of aromatic nitrogens is 4. The fourth-order valence-corrected chi connectivity index (χ4v) is 5.94. The third-order valence-electron chi connectivity index (χ3n) is 6.21. The fraction of sp³-hybridized carbons (Fsp3) is 0.348. The number of nitrogens with two attached hydrogens (primary N) is 1. The van der Waals surface area contributed by atoms with E-state index in [1.54, 1.807) is 6.07 Å². The molecule has 0 bridgehead atoms. The van der Waals surface area contributed by atoms with Crippen LogP contribution < -0.4 is 5.73 Å². The third kappa shape index (κ3) is 3.92. The number of aliphatic hydroxyl groups excluding tert-OH is 2. The van der Waals surface area contributed by atoms with Gasteiger partial charge in [-0.25, -0.2) is 23.7 Å². The first-order valence-electron chi connectivity index (χ1n) is 10.6. The van der Waals surface area contributed by atoms with Gasteiger partial charge in [0.1, 0.15) is 29.3 Å². The van der Waals surface area contributed by atoms with Crippen molar-refractivity contribution in [2.75, 3.05) is 5.73 Å². The molecule has 0 radical (unpaired) electrons. The average Bonchev–Trinajstić information content (AvgIpc) is 3.34. The molecule has 1 aromatic carbocycles. The summed E-state index contributed by atoms with van der Waals surface area (Å²) in [5, 5.41) is 22.4. The summed E-state index contributed by atoms with van der Waals surface area (Å²) in [5.74, 6) is -0.166. The van der Waals surface area contributed by atoms with Crippen LogP contribution in [0.4, 0.5) is 14.6 Å². The van der Waals surface area contributed by atoms with E-state index in [1.807, 2.05) is 35.9 Å². The molecule has 0 spiro atoms. The van der Waals surface area contributed by atoms with Gasteiger partial charge in [-0.2, -0.15) is 0 Å². The van der Waals surface area contributed by atoms with E-state index in [9.17, 15) is 19.0 Å². The minimum atomic E-state index is -2.67. The van der Waals surface area contributed by atoms with Crippen LogP contribution in [0.2, 0.25) is 0 Å². The Morgan fingerprint density at radius 1 is 1.15 bits per heavy atom. The van der Waals surface area contributed by atoms with Crippen molar-refractivity contribution in [3.8, 4) is 0 Å². The van der Waals surface area contributed by atoms with Crippen molar-refractivity contribution < 1.29 is 19.0 Å². The molecule has 4 atom stereocenters. The topological polar surface area (TPSA) is 110 Å². The quantitative estimate of drug-likeness (QED) is 0.406. The summed E-state index contributed by atoms with van der Waals surface area (Å²) in [6, 6.07) is 8.75. The number of fused-ring (bicyclic) bond motifs is 2. The van der Waals surface area contributed by atoms with Crippen LogP contribution in [0, 0.1) is 6.92 Å². The lowest BCUT2D eigenvalue weighted by atomic mass is 10.0. The van der Waals surface area contributed by atoms with Gasteiger partial charge in [0.25, 0.3) is 6.43 Å². The first-order chi connectivity index (χ1) is 15.8. The molecule has 4 aromatic rings. The van der Waals surface area contributed by atoms with Gasteiger partial charge in [0.2, 0.25) is 0 Å². The number of hydrogen-bond acceptors (Lipinski definition) is 7. The predicted octanol–water partition coefficient (Wildman–Crippen LogP) is 3.78. The van der Waals surface area contributed by atoms with Gasteiger partial charge in [0.15, 0.2) is 0 Å². The van der Waals surface area contributed by atoms with Crippen molar-refractivity contribution >= 4 is 39.5 Å². The van der Waals surface area contributed by atoms with Crippen LogP contribution in [-0.4, -0.2) is 47.2 Å². The summed E-state index contributed by atoms with van der Waals surface area (Å²) in [4.78, 5) is 12.7. The van der Waals surface area contributed by atoms with Crippen molar-refractivity contribution in [3.63, 3.8) is 0 Å². The van der Waals surface area contributed by atoms with Crippen LogP contribution in [0.5, 0.6) is 0 Å². The number of nitrogens with zero attached hydrogens (tertiary/aromatic N) is 4. The van der Waals surface area contributed by atoms with Crippen LogP contribution in [0.1, 0.15) is 35.0 Å². The Bertz CT molecular complexity index is 1330. The smallest absolute Gasteiger partial charge is 0.267 e. The predicted molar refractivity (Wildman–Crippen MR) is 124 cm³/mol. The molecule has 4 N–H and O–H groups in total. The van der Waals surface area contributed by atoms with Crippen LogP contribution in [0.15, 0.2) is 42.9 Å². The number of benzene rings is 1. The van der Waals surface area contributed by atoms with Crippen molar-refractivity contribution in [1.82, 2.24) is 19.5 Å². The molecule has 7 nitrogen and oxygen atoms in total. The second-order valence-corrected chi connectivity index (χ2v) is 9.66. The summed E-state index contributed by atoms with van der Waals surface area (Å²) in [7, 11) is 0. The number of anilines is 1. The number of thioether (sulfide) groups is 1. The Labute approximate surface area is 192 Å². The molecule has 5 rings (SSSR count). The molecule has 33 heavy (non-hydrogen) atoms. The van der Waals surface area contributed by atoms with E-state index in [1.165, 1.54) is 24.2 Å². The maximum Gasteiger partial charge on any atom is 0.267 e. The summed E-state index contributed by atoms with van der Waals surface area (Å²) >= 11 is 1.52. The lowest BCUT2D eigenvalue weighted by Crippen LogP contribution is -2.31. The summed E-state index contributed by atoms with van der Waals surface area (Å²) in [6.45, 7) is 1.91. The van der Waals surface area contributed by atoms with Crippen molar-refractivity contribution in [2.24, 2.45) is 0 Å². The van der Waals surface area contributed by atoms with E-state index >= 15 is 0 Å².